The summed E-state index contributed by atoms with van der Waals surface area (Å²) in [5.41, 5.74) is 5.85. The van der Waals surface area contributed by atoms with Gasteiger partial charge in [0.1, 0.15) is 24.7 Å². The Hall–Kier alpha value is -4.09. The Bertz CT molecular complexity index is 1240. The maximum Gasteiger partial charge on any atom is 0.275 e. The molecule has 6 heteroatoms. The van der Waals surface area contributed by atoms with Crippen molar-refractivity contribution >= 4 is 23.7 Å². The smallest absolute Gasteiger partial charge is 0.275 e. The normalized spacial score (nSPS) is 10.7. The van der Waals surface area contributed by atoms with Crippen molar-refractivity contribution in [1.29, 1.82) is 0 Å². The Balaban J connectivity index is 1.31. The molecule has 0 radical (unpaired) electrons. The Kier molecular flexibility index (Phi) is 7.93. The van der Waals surface area contributed by atoms with Gasteiger partial charge in [-0.2, -0.15) is 5.10 Å². The summed E-state index contributed by atoms with van der Waals surface area (Å²) in [5, 5.41) is 4.74. The highest BCUT2D eigenvalue weighted by atomic mass is 35.5. The van der Waals surface area contributed by atoms with Crippen molar-refractivity contribution in [3.05, 3.63) is 130 Å². The van der Waals surface area contributed by atoms with Crippen LogP contribution in [0.2, 0.25) is 5.02 Å². The summed E-state index contributed by atoms with van der Waals surface area (Å²) in [7, 11) is 0. The molecule has 1 amide bonds. The van der Waals surface area contributed by atoms with Gasteiger partial charge in [0, 0.05) is 5.02 Å². The maximum absolute atomic E-state index is 12.6. The lowest BCUT2D eigenvalue weighted by molar-refractivity contribution is 0.0950. The molecule has 0 aliphatic rings. The number of carbonyl (C=O) groups excluding carboxylic acids is 1. The molecule has 0 atom stereocenters. The summed E-state index contributed by atoms with van der Waals surface area (Å²) >= 11 is 5.92. The van der Waals surface area contributed by atoms with E-state index in [0.717, 1.165) is 22.4 Å². The highest BCUT2D eigenvalue weighted by Gasteiger charge is 2.11. The first-order chi connectivity index (χ1) is 16.7. The van der Waals surface area contributed by atoms with Crippen molar-refractivity contribution < 1.29 is 14.3 Å². The average molecular weight is 471 g/mol. The second-order valence-electron chi connectivity index (χ2n) is 7.45. The molecule has 0 unspecified atom stereocenters. The van der Waals surface area contributed by atoms with E-state index in [1.54, 1.807) is 36.5 Å². The highest BCUT2D eigenvalue weighted by molar-refractivity contribution is 6.30. The fourth-order valence-electron chi connectivity index (χ4n) is 3.14. The second kappa shape index (κ2) is 11.7. The number of nitrogens with zero attached hydrogens (tertiary/aromatic N) is 1. The summed E-state index contributed by atoms with van der Waals surface area (Å²) in [6.45, 7) is 0.827. The van der Waals surface area contributed by atoms with Crippen LogP contribution in [0.15, 0.2) is 108 Å². The van der Waals surface area contributed by atoms with E-state index in [1.807, 2.05) is 72.8 Å². The molecule has 4 aromatic rings. The van der Waals surface area contributed by atoms with Crippen LogP contribution in [-0.2, 0) is 13.2 Å². The third-order valence-electron chi connectivity index (χ3n) is 4.95. The van der Waals surface area contributed by atoms with E-state index >= 15 is 0 Å². The number of nitrogens with one attached hydrogen (secondary N) is 1. The van der Waals surface area contributed by atoms with Gasteiger partial charge in [0.2, 0.25) is 0 Å². The predicted octanol–water partition coefficient (Wildman–Crippen LogP) is 6.26. The molecule has 0 aliphatic carbocycles. The lowest BCUT2D eigenvalue weighted by Gasteiger charge is -2.10. The molecule has 5 nitrogen and oxygen atoms in total. The zero-order valence-electron chi connectivity index (χ0n) is 18.4. The Labute approximate surface area is 203 Å². The van der Waals surface area contributed by atoms with Crippen LogP contribution >= 0.6 is 11.6 Å². The van der Waals surface area contributed by atoms with Crippen LogP contribution in [0, 0.1) is 0 Å². The highest BCUT2D eigenvalue weighted by Crippen LogP contribution is 2.20. The van der Waals surface area contributed by atoms with E-state index in [2.05, 4.69) is 10.5 Å². The van der Waals surface area contributed by atoms with Gasteiger partial charge in [-0.25, -0.2) is 5.43 Å². The summed E-state index contributed by atoms with van der Waals surface area (Å²) in [5.74, 6) is 0.882. The molecule has 0 heterocycles. The van der Waals surface area contributed by atoms with Crippen LogP contribution < -0.4 is 14.9 Å². The summed E-state index contributed by atoms with van der Waals surface area (Å²) < 4.78 is 11.6. The monoisotopic (exact) mass is 470 g/mol. The molecular formula is C28H23ClN2O3. The SMILES string of the molecule is O=C(N/N=C\c1ccc(OCc2ccccc2)cc1)c1ccccc1OCc1ccc(Cl)cc1. The van der Waals surface area contributed by atoms with E-state index < -0.39 is 0 Å². The standard InChI is InChI=1S/C28H23ClN2O3/c29-24-14-10-23(11-15-24)20-34-27-9-5-4-8-26(27)28(32)31-30-18-21-12-16-25(17-13-21)33-19-22-6-2-1-3-7-22/h1-18H,19-20H2,(H,31,32)/b30-18-. The topological polar surface area (TPSA) is 59.9 Å². The van der Waals surface area contributed by atoms with Crippen LogP contribution in [0.5, 0.6) is 11.5 Å². The Morgan fingerprint density at radius 3 is 2.18 bits per heavy atom. The van der Waals surface area contributed by atoms with E-state index in [-0.39, 0.29) is 5.91 Å². The fourth-order valence-corrected chi connectivity index (χ4v) is 3.26. The van der Waals surface area contributed by atoms with Crippen molar-refractivity contribution in [2.24, 2.45) is 5.10 Å². The third kappa shape index (κ3) is 6.70. The van der Waals surface area contributed by atoms with Crippen molar-refractivity contribution in [3.8, 4) is 11.5 Å². The number of hydrogen-bond acceptors (Lipinski definition) is 4. The number of hydrazone groups is 1. The third-order valence-corrected chi connectivity index (χ3v) is 5.20. The van der Waals surface area contributed by atoms with Crippen LogP contribution in [-0.4, -0.2) is 12.1 Å². The molecule has 4 rings (SSSR count). The molecule has 34 heavy (non-hydrogen) atoms. The minimum absolute atomic E-state index is 0.323. The molecule has 0 fully saturated rings. The molecule has 0 spiro atoms. The Morgan fingerprint density at radius 2 is 1.41 bits per heavy atom. The van der Waals surface area contributed by atoms with Crippen LogP contribution in [0.4, 0.5) is 0 Å². The number of halogens is 1. The first-order valence-electron chi connectivity index (χ1n) is 10.7. The van der Waals surface area contributed by atoms with Crippen LogP contribution in [0.25, 0.3) is 0 Å². The van der Waals surface area contributed by atoms with Gasteiger partial charge in [-0.15, -0.1) is 0 Å². The molecule has 0 aromatic heterocycles. The molecule has 0 saturated heterocycles. The molecule has 0 bridgehead atoms. The summed E-state index contributed by atoms with van der Waals surface area (Å²) in [4.78, 5) is 12.6. The number of carbonyl (C=O) groups is 1. The zero-order chi connectivity index (χ0) is 23.6. The number of amides is 1. The van der Waals surface area contributed by atoms with Gasteiger partial charge in [-0.3, -0.25) is 4.79 Å². The number of rotatable bonds is 9. The van der Waals surface area contributed by atoms with Crippen molar-refractivity contribution in [2.75, 3.05) is 0 Å². The van der Waals surface area contributed by atoms with Gasteiger partial charge in [0.25, 0.3) is 5.91 Å². The summed E-state index contributed by atoms with van der Waals surface area (Å²) in [6, 6.07) is 31.9. The van der Waals surface area contributed by atoms with Gasteiger partial charge in [0.05, 0.1) is 11.8 Å². The van der Waals surface area contributed by atoms with Crippen molar-refractivity contribution in [3.63, 3.8) is 0 Å². The molecule has 4 aromatic carbocycles. The van der Waals surface area contributed by atoms with Crippen LogP contribution in [0.1, 0.15) is 27.0 Å². The first kappa shape index (κ1) is 23.1. The largest absolute Gasteiger partial charge is 0.489 e. The zero-order valence-corrected chi connectivity index (χ0v) is 19.1. The van der Waals surface area contributed by atoms with E-state index in [1.165, 1.54) is 0 Å². The molecular weight excluding hydrogens is 448 g/mol. The molecule has 1 N–H and O–H groups in total. The summed E-state index contributed by atoms with van der Waals surface area (Å²) in [6.07, 6.45) is 1.58. The predicted molar refractivity (Wildman–Crippen MR) is 135 cm³/mol. The first-order valence-corrected chi connectivity index (χ1v) is 11.1. The number of ether oxygens (including phenoxy) is 2. The minimum Gasteiger partial charge on any atom is -0.489 e. The van der Waals surface area contributed by atoms with Gasteiger partial charge in [-0.05, 0) is 65.2 Å². The average Bonchev–Trinajstić information content (AvgIpc) is 2.88. The quantitative estimate of drug-likeness (QED) is 0.232. The van der Waals surface area contributed by atoms with Gasteiger partial charge in [0.15, 0.2) is 0 Å². The maximum atomic E-state index is 12.6. The van der Waals surface area contributed by atoms with Gasteiger partial charge >= 0.3 is 0 Å². The lowest BCUT2D eigenvalue weighted by atomic mass is 10.2. The van der Waals surface area contributed by atoms with E-state index in [0.29, 0.717) is 29.5 Å². The molecule has 0 aliphatic heterocycles. The van der Waals surface area contributed by atoms with Crippen molar-refractivity contribution in [1.82, 2.24) is 5.43 Å². The lowest BCUT2D eigenvalue weighted by Crippen LogP contribution is -2.18. The minimum atomic E-state index is -0.356. The van der Waals surface area contributed by atoms with Crippen LogP contribution in [0.3, 0.4) is 0 Å². The molecule has 170 valence electrons. The van der Waals surface area contributed by atoms with E-state index in [9.17, 15) is 4.79 Å². The van der Waals surface area contributed by atoms with Gasteiger partial charge < -0.3 is 9.47 Å². The molecule has 0 saturated carbocycles. The second-order valence-corrected chi connectivity index (χ2v) is 7.89. The fraction of sp³-hybridized carbons (Fsp3) is 0.0714. The number of hydrogen-bond donors (Lipinski definition) is 1. The van der Waals surface area contributed by atoms with Crippen molar-refractivity contribution in [2.45, 2.75) is 13.2 Å². The van der Waals surface area contributed by atoms with Gasteiger partial charge in [-0.1, -0.05) is 66.2 Å². The number of benzene rings is 4. The number of para-hydroxylation sites is 1. The van der Waals surface area contributed by atoms with E-state index in [4.69, 9.17) is 21.1 Å². The Morgan fingerprint density at radius 1 is 0.765 bits per heavy atom.